The van der Waals surface area contributed by atoms with Gasteiger partial charge in [-0.25, -0.2) is 8.42 Å². The second kappa shape index (κ2) is 9.02. The predicted molar refractivity (Wildman–Crippen MR) is 104 cm³/mol. The average molecular weight is 386 g/mol. The molecule has 1 amide bonds. The molecule has 0 radical (unpaired) electrons. The van der Waals surface area contributed by atoms with Gasteiger partial charge in [-0.1, -0.05) is 19.9 Å². The summed E-state index contributed by atoms with van der Waals surface area (Å²) in [5.74, 6) is 1.89. The van der Waals surface area contributed by atoms with E-state index in [4.69, 9.17) is 0 Å². The normalized spacial score (nSPS) is 18.3. The number of benzene rings is 1. The molecule has 0 aliphatic carbocycles. The molecule has 1 fully saturated rings. The summed E-state index contributed by atoms with van der Waals surface area (Å²) >= 11 is 1.84. The number of aryl methyl sites for hydroxylation is 1. The minimum absolute atomic E-state index is 0.102. The lowest BCUT2D eigenvalue weighted by molar-refractivity contribution is -0.116. The van der Waals surface area contributed by atoms with E-state index in [-0.39, 0.29) is 16.8 Å². The lowest BCUT2D eigenvalue weighted by Crippen LogP contribution is -2.39. The Balaban J connectivity index is 2.14. The maximum atomic E-state index is 12.8. The van der Waals surface area contributed by atoms with Gasteiger partial charge in [0.2, 0.25) is 15.9 Å². The number of nitrogens with one attached hydrogen (secondary N) is 2. The lowest BCUT2D eigenvalue weighted by Gasteiger charge is -2.23. The van der Waals surface area contributed by atoms with Crippen molar-refractivity contribution in [2.24, 2.45) is 0 Å². The number of anilines is 1. The molecule has 0 spiro atoms. The van der Waals surface area contributed by atoms with E-state index >= 15 is 0 Å². The highest BCUT2D eigenvalue weighted by molar-refractivity contribution is 7.99. The molecule has 1 atom stereocenters. The van der Waals surface area contributed by atoms with Crippen LogP contribution in [0.2, 0.25) is 0 Å². The number of carbonyl (C=O) groups is 1. The summed E-state index contributed by atoms with van der Waals surface area (Å²) in [5.41, 5.74) is 1.19. The highest BCUT2D eigenvalue weighted by Crippen LogP contribution is 2.24. The van der Waals surface area contributed by atoms with Crippen molar-refractivity contribution in [2.45, 2.75) is 38.1 Å². The lowest BCUT2D eigenvalue weighted by atomic mass is 10.2. The van der Waals surface area contributed by atoms with Gasteiger partial charge in [-0.05, 0) is 24.6 Å². The Morgan fingerprint density at radius 2 is 2.08 bits per heavy atom. The molecular formula is C17H27N3O3S2. The molecule has 0 saturated carbocycles. The minimum Gasteiger partial charge on any atom is -0.326 e. The molecule has 140 valence electrons. The zero-order valence-electron chi connectivity index (χ0n) is 15.0. The van der Waals surface area contributed by atoms with Gasteiger partial charge in [0.15, 0.2) is 0 Å². The maximum absolute atomic E-state index is 12.8. The summed E-state index contributed by atoms with van der Waals surface area (Å²) in [6.45, 7) is 7.15. The van der Waals surface area contributed by atoms with Crippen LogP contribution in [0.5, 0.6) is 0 Å². The van der Waals surface area contributed by atoms with Crippen LogP contribution in [-0.2, 0) is 14.8 Å². The van der Waals surface area contributed by atoms with Gasteiger partial charge in [0, 0.05) is 49.3 Å². The van der Waals surface area contributed by atoms with Crippen molar-refractivity contribution >= 4 is 33.4 Å². The molecule has 1 saturated heterocycles. The Kier molecular flexibility index (Phi) is 7.30. The Morgan fingerprint density at radius 1 is 1.36 bits per heavy atom. The number of thioether (sulfide) groups is 1. The summed E-state index contributed by atoms with van der Waals surface area (Å²) in [4.78, 5) is 12.5. The molecule has 1 heterocycles. The Morgan fingerprint density at radius 3 is 2.68 bits per heavy atom. The second-order valence-electron chi connectivity index (χ2n) is 6.05. The molecule has 0 bridgehead atoms. The fraction of sp³-hybridized carbons (Fsp3) is 0.588. The molecule has 1 aliphatic rings. The van der Waals surface area contributed by atoms with Crippen LogP contribution in [0, 0.1) is 6.92 Å². The molecular weight excluding hydrogens is 358 g/mol. The van der Waals surface area contributed by atoms with E-state index in [0.29, 0.717) is 30.8 Å². The smallest absolute Gasteiger partial charge is 0.243 e. The SMILES string of the molecule is CCN(CC)S(=O)(=O)c1cc(NC(=O)CC2CSCCN2)ccc1C. The average Bonchev–Trinajstić information content (AvgIpc) is 2.58. The zero-order valence-corrected chi connectivity index (χ0v) is 16.7. The van der Waals surface area contributed by atoms with Gasteiger partial charge >= 0.3 is 0 Å². The van der Waals surface area contributed by atoms with Crippen LogP contribution < -0.4 is 10.6 Å². The zero-order chi connectivity index (χ0) is 18.4. The molecule has 2 rings (SSSR count). The molecule has 1 unspecified atom stereocenters. The van der Waals surface area contributed by atoms with Crippen molar-refractivity contribution in [1.29, 1.82) is 0 Å². The van der Waals surface area contributed by atoms with Gasteiger partial charge in [0.1, 0.15) is 0 Å². The fourth-order valence-corrected chi connectivity index (χ4v) is 5.50. The van der Waals surface area contributed by atoms with E-state index in [1.165, 1.54) is 4.31 Å². The van der Waals surface area contributed by atoms with E-state index in [9.17, 15) is 13.2 Å². The fourth-order valence-electron chi connectivity index (χ4n) is 2.85. The van der Waals surface area contributed by atoms with Crippen molar-refractivity contribution in [3.8, 4) is 0 Å². The minimum atomic E-state index is -3.55. The standard InChI is InChI=1S/C17H27N3O3S2/c1-4-20(5-2)25(22,23)16-10-14(7-6-13(16)3)19-17(21)11-15-12-24-9-8-18-15/h6-7,10,15,18H,4-5,8-9,11-12H2,1-3H3,(H,19,21). The first kappa shape index (κ1) is 20.2. The van der Waals surface area contributed by atoms with E-state index in [2.05, 4.69) is 10.6 Å². The van der Waals surface area contributed by atoms with Gasteiger partial charge in [0.25, 0.3) is 0 Å². The molecule has 1 aliphatic heterocycles. The van der Waals surface area contributed by atoms with Crippen molar-refractivity contribution in [1.82, 2.24) is 9.62 Å². The first-order valence-electron chi connectivity index (χ1n) is 8.60. The van der Waals surface area contributed by atoms with Crippen molar-refractivity contribution in [2.75, 3.05) is 36.5 Å². The summed E-state index contributed by atoms with van der Waals surface area (Å²) in [6, 6.07) is 5.21. The monoisotopic (exact) mass is 385 g/mol. The van der Waals surface area contributed by atoms with Crippen LogP contribution in [0.3, 0.4) is 0 Å². The molecule has 0 aromatic heterocycles. The number of sulfonamides is 1. The van der Waals surface area contributed by atoms with Gasteiger partial charge in [-0.2, -0.15) is 16.1 Å². The predicted octanol–water partition coefficient (Wildman–Crippen LogP) is 2.06. The second-order valence-corrected chi connectivity index (χ2v) is 9.10. The maximum Gasteiger partial charge on any atom is 0.243 e. The largest absolute Gasteiger partial charge is 0.326 e. The van der Waals surface area contributed by atoms with Gasteiger partial charge < -0.3 is 10.6 Å². The number of carbonyl (C=O) groups excluding carboxylic acids is 1. The van der Waals surface area contributed by atoms with Crippen molar-refractivity contribution in [3.05, 3.63) is 23.8 Å². The van der Waals surface area contributed by atoms with Gasteiger partial charge in [-0.15, -0.1) is 0 Å². The number of hydrogen-bond donors (Lipinski definition) is 2. The van der Waals surface area contributed by atoms with E-state index in [0.717, 1.165) is 18.1 Å². The van der Waals surface area contributed by atoms with Crippen LogP contribution in [-0.4, -0.2) is 55.8 Å². The van der Waals surface area contributed by atoms with Crippen molar-refractivity contribution in [3.63, 3.8) is 0 Å². The van der Waals surface area contributed by atoms with E-state index in [1.807, 2.05) is 25.6 Å². The van der Waals surface area contributed by atoms with Crippen LogP contribution >= 0.6 is 11.8 Å². The van der Waals surface area contributed by atoms with E-state index in [1.54, 1.807) is 25.1 Å². The van der Waals surface area contributed by atoms with Gasteiger partial charge in [-0.3, -0.25) is 4.79 Å². The quantitative estimate of drug-likeness (QED) is 0.751. The Bertz CT molecular complexity index is 697. The van der Waals surface area contributed by atoms with Crippen LogP contribution in [0.25, 0.3) is 0 Å². The third-order valence-corrected chi connectivity index (χ3v) is 7.55. The first-order chi connectivity index (χ1) is 11.9. The summed E-state index contributed by atoms with van der Waals surface area (Å²) in [5, 5.41) is 6.16. The summed E-state index contributed by atoms with van der Waals surface area (Å²) < 4.78 is 27.0. The molecule has 1 aromatic carbocycles. The summed E-state index contributed by atoms with van der Waals surface area (Å²) in [7, 11) is -3.55. The van der Waals surface area contributed by atoms with Crippen LogP contribution in [0.1, 0.15) is 25.8 Å². The Hall–Kier alpha value is -1.09. The molecule has 8 heteroatoms. The summed E-state index contributed by atoms with van der Waals surface area (Å²) in [6.07, 6.45) is 0.388. The molecule has 2 N–H and O–H groups in total. The number of rotatable bonds is 7. The highest BCUT2D eigenvalue weighted by Gasteiger charge is 2.24. The van der Waals surface area contributed by atoms with E-state index < -0.39 is 10.0 Å². The number of hydrogen-bond acceptors (Lipinski definition) is 5. The van der Waals surface area contributed by atoms with Gasteiger partial charge in [0.05, 0.1) is 4.90 Å². The third-order valence-electron chi connectivity index (χ3n) is 4.23. The number of amides is 1. The van der Waals surface area contributed by atoms with Crippen LogP contribution in [0.4, 0.5) is 5.69 Å². The molecule has 25 heavy (non-hydrogen) atoms. The highest BCUT2D eigenvalue weighted by atomic mass is 32.2. The molecule has 6 nitrogen and oxygen atoms in total. The number of nitrogens with zero attached hydrogens (tertiary/aromatic N) is 1. The third kappa shape index (κ3) is 5.20. The Labute approximate surface area is 154 Å². The van der Waals surface area contributed by atoms with Crippen molar-refractivity contribution < 1.29 is 13.2 Å². The topological polar surface area (TPSA) is 78.5 Å². The molecule has 1 aromatic rings. The first-order valence-corrected chi connectivity index (χ1v) is 11.2. The van der Waals surface area contributed by atoms with Crippen LogP contribution in [0.15, 0.2) is 23.1 Å².